The van der Waals surface area contributed by atoms with E-state index in [-0.39, 0.29) is 28.7 Å². The molecular weight excluding hydrogens is 419 g/mol. The Hall–Kier alpha value is 0.310. The van der Waals surface area contributed by atoms with Crippen LogP contribution < -0.4 is 10.6 Å². The van der Waals surface area contributed by atoms with Crippen LogP contribution in [0, 0.1) is 0 Å². The molecule has 2 N–H and O–H groups in total. The van der Waals surface area contributed by atoms with Gasteiger partial charge in [-0.2, -0.15) is 11.8 Å². The van der Waals surface area contributed by atoms with Crippen LogP contribution in [-0.4, -0.2) is 60.6 Å². The largest absolute Gasteiger partial charge is 0.357 e. The second-order valence-corrected chi connectivity index (χ2v) is 8.29. The van der Waals surface area contributed by atoms with Gasteiger partial charge < -0.3 is 15.5 Å². The highest BCUT2D eigenvalue weighted by atomic mass is 127. The molecule has 0 saturated carbocycles. The maximum Gasteiger partial charge on any atom is 0.191 e. The predicted molar refractivity (Wildman–Crippen MR) is 116 cm³/mol. The number of nitrogens with one attached hydrogen (secondary N) is 2. The van der Waals surface area contributed by atoms with E-state index < -0.39 is 0 Å². The lowest BCUT2D eigenvalue weighted by molar-refractivity contribution is 0.203. The third-order valence-electron chi connectivity index (χ3n) is 4.27. The molecule has 0 spiro atoms. The minimum absolute atomic E-state index is 0. The summed E-state index contributed by atoms with van der Waals surface area (Å²) >= 11 is 1.87. The summed E-state index contributed by atoms with van der Waals surface area (Å²) in [5.74, 6) is 0.983. The predicted octanol–water partition coefficient (Wildman–Crippen LogP) is 3.57. The highest BCUT2D eigenvalue weighted by Crippen LogP contribution is 2.21. The molecule has 0 aliphatic carbocycles. The molecule has 1 saturated heterocycles. The van der Waals surface area contributed by atoms with Gasteiger partial charge in [0.05, 0.1) is 6.54 Å². The quantitative estimate of drug-likeness (QED) is 0.333. The summed E-state index contributed by atoms with van der Waals surface area (Å²) in [5.41, 5.74) is 0. The number of piperidine rings is 1. The van der Waals surface area contributed by atoms with Gasteiger partial charge in [-0.05, 0) is 52.8 Å². The third kappa shape index (κ3) is 10.0. The Labute approximate surface area is 165 Å². The topological polar surface area (TPSA) is 39.7 Å². The minimum atomic E-state index is 0. The SMILES string of the molecule is CCCCN1CCC(NC(=NCC(C)(C)SC)NCC)CC1.I. The highest BCUT2D eigenvalue weighted by Gasteiger charge is 2.20. The number of rotatable bonds is 8. The Balaban J connectivity index is 0.00000484. The Morgan fingerprint density at radius 1 is 1.26 bits per heavy atom. The number of hydrogen-bond donors (Lipinski definition) is 2. The number of hydrogen-bond acceptors (Lipinski definition) is 3. The fourth-order valence-corrected chi connectivity index (χ4v) is 2.72. The molecule has 1 aliphatic heterocycles. The van der Waals surface area contributed by atoms with Crippen molar-refractivity contribution >= 4 is 41.7 Å². The fraction of sp³-hybridized carbons (Fsp3) is 0.941. The van der Waals surface area contributed by atoms with Gasteiger partial charge in [-0.3, -0.25) is 4.99 Å². The zero-order valence-electron chi connectivity index (χ0n) is 15.7. The molecule has 0 unspecified atom stereocenters. The van der Waals surface area contributed by atoms with E-state index in [2.05, 4.69) is 49.5 Å². The Morgan fingerprint density at radius 3 is 2.43 bits per heavy atom. The summed E-state index contributed by atoms with van der Waals surface area (Å²) in [4.78, 5) is 7.38. The van der Waals surface area contributed by atoms with Crippen molar-refractivity contribution in [2.24, 2.45) is 4.99 Å². The van der Waals surface area contributed by atoms with Crippen LogP contribution in [0.3, 0.4) is 0 Å². The van der Waals surface area contributed by atoms with Gasteiger partial charge in [0.15, 0.2) is 5.96 Å². The monoisotopic (exact) mass is 456 g/mol. The van der Waals surface area contributed by atoms with Crippen molar-refractivity contribution < 1.29 is 0 Å². The first-order valence-electron chi connectivity index (χ1n) is 8.83. The van der Waals surface area contributed by atoms with E-state index in [0.29, 0.717) is 6.04 Å². The Morgan fingerprint density at radius 2 is 1.91 bits per heavy atom. The van der Waals surface area contributed by atoms with Gasteiger partial charge in [0.2, 0.25) is 0 Å². The average molecular weight is 456 g/mol. The van der Waals surface area contributed by atoms with Crippen LogP contribution in [0.5, 0.6) is 0 Å². The second-order valence-electron chi connectivity index (χ2n) is 6.77. The maximum absolute atomic E-state index is 4.78. The molecule has 1 aliphatic rings. The van der Waals surface area contributed by atoms with Crippen LogP contribution in [-0.2, 0) is 0 Å². The van der Waals surface area contributed by atoms with Crippen LogP contribution in [0.2, 0.25) is 0 Å². The van der Waals surface area contributed by atoms with E-state index in [4.69, 9.17) is 4.99 Å². The molecule has 0 amide bonds. The molecule has 0 radical (unpaired) electrons. The lowest BCUT2D eigenvalue weighted by Crippen LogP contribution is -2.49. The average Bonchev–Trinajstić information content (AvgIpc) is 2.52. The molecule has 138 valence electrons. The van der Waals surface area contributed by atoms with Crippen molar-refractivity contribution in [2.75, 3.05) is 39.0 Å². The first kappa shape index (κ1) is 23.3. The van der Waals surface area contributed by atoms with Gasteiger partial charge in [0.25, 0.3) is 0 Å². The zero-order valence-corrected chi connectivity index (χ0v) is 18.8. The van der Waals surface area contributed by atoms with Crippen LogP contribution in [0.15, 0.2) is 4.99 Å². The molecular formula is C17H37IN4S. The van der Waals surface area contributed by atoms with Crippen LogP contribution >= 0.6 is 35.7 Å². The molecule has 0 bridgehead atoms. The summed E-state index contributed by atoms with van der Waals surface area (Å²) < 4.78 is 0.200. The number of thioether (sulfide) groups is 1. The van der Waals surface area contributed by atoms with Gasteiger partial charge in [-0.1, -0.05) is 13.3 Å². The van der Waals surface area contributed by atoms with Gasteiger partial charge in [-0.15, -0.1) is 24.0 Å². The normalized spacial score (nSPS) is 17.7. The number of aliphatic imine (C=N–C) groups is 1. The number of unbranched alkanes of at least 4 members (excludes halogenated alkanes) is 1. The van der Waals surface area contributed by atoms with Crippen LogP contribution in [0.4, 0.5) is 0 Å². The molecule has 6 heteroatoms. The second kappa shape index (κ2) is 12.6. The van der Waals surface area contributed by atoms with E-state index in [0.717, 1.165) is 19.0 Å². The van der Waals surface area contributed by atoms with Crippen molar-refractivity contribution in [3.63, 3.8) is 0 Å². The highest BCUT2D eigenvalue weighted by molar-refractivity contribution is 14.0. The zero-order chi connectivity index (χ0) is 16.4. The smallest absolute Gasteiger partial charge is 0.191 e. The summed E-state index contributed by atoms with van der Waals surface area (Å²) in [6, 6.07) is 0.563. The number of likely N-dealkylation sites (tertiary alicyclic amines) is 1. The van der Waals surface area contributed by atoms with Gasteiger partial charge >= 0.3 is 0 Å². The third-order valence-corrected chi connectivity index (χ3v) is 5.51. The lowest BCUT2D eigenvalue weighted by Gasteiger charge is -2.33. The van der Waals surface area contributed by atoms with E-state index in [1.807, 2.05) is 11.8 Å². The fourth-order valence-electron chi connectivity index (χ4n) is 2.53. The van der Waals surface area contributed by atoms with E-state index >= 15 is 0 Å². The van der Waals surface area contributed by atoms with E-state index in [1.165, 1.54) is 45.3 Å². The molecule has 0 atom stereocenters. The van der Waals surface area contributed by atoms with Crippen LogP contribution in [0.1, 0.15) is 53.4 Å². The van der Waals surface area contributed by atoms with Crippen molar-refractivity contribution in [2.45, 2.75) is 64.2 Å². The Bertz CT molecular complexity index is 329. The number of halogens is 1. The first-order chi connectivity index (χ1) is 10.5. The van der Waals surface area contributed by atoms with E-state index in [1.54, 1.807) is 0 Å². The first-order valence-corrected chi connectivity index (χ1v) is 10.1. The summed E-state index contributed by atoms with van der Waals surface area (Å²) in [5, 5.41) is 7.02. The number of guanidine groups is 1. The van der Waals surface area contributed by atoms with Crippen molar-refractivity contribution in [3.05, 3.63) is 0 Å². The molecule has 0 aromatic rings. The molecule has 23 heavy (non-hydrogen) atoms. The molecule has 1 heterocycles. The summed E-state index contributed by atoms with van der Waals surface area (Å²) in [7, 11) is 0. The molecule has 0 aromatic carbocycles. The van der Waals surface area contributed by atoms with Crippen molar-refractivity contribution in [1.29, 1.82) is 0 Å². The summed E-state index contributed by atoms with van der Waals surface area (Å²) in [6.45, 7) is 14.3. The van der Waals surface area contributed by atoms with Crippen LogP contribution in [0.25, 0.3) is 0 Å². The lowest BCUT2D eigenvalue weighted by atomic mass is 10.0. The Kier molecular flexibility index (Phi) is 12.8. The van der Waals surface area contributed by atoms with Gasteiger partial charge in [0, 0.05) is 30.4 Å². The minimum Gasteiger partial charge on any atom is -0.357 e. The molecule has 4 nitrogen and oxygen atoms in total. The van der Waals surface area contributed by atoms with E-state index in [9.17, 15) is 0 Å². The summed E-state index contributed by atoms with van der Waals surface area (Å²) in [6.07, 6.45) is 7.22. The van der Waals surface area contributed by atoms with Crippen molar-refractivity contribution in [3.8, 4) is 0 Å². The van der Waals surface area contributed by atoms with Gasteiger partial charge in [-0.25, -0.2) is 0 Å². The molecule has 0 aromatic heterocycles. The van der Waals surface area contributed by atoms with Gasteiger partial charge in [0.1, 0.15) is 0 Å². The number of nitrogens with zero attached hydrogens (tertiary/aromatic N) is 2. The maximum atomic E-state index is 4.78. The van der Waals surface area contributed by atoms with Crippen molar-refractivity contribution in [1.82, 2.24) is 15.5 Å². The standard InChI is InChI=1S/C17H36N4S.HI/c1-6-8-11-21-12-9-15(10-13-21)20-16(18-7-2)19-14-17(3,4)22-5;/h15H,6-14H2,1-5H3,(H2,18,19,20);1H. The molecule has 1 fully saturated rings. The molecule has 1 rings (SSSR count).